The molecule has 110 valence electrons. The molecule has 0 saturated heterocycles. The van der Waals surface area contributed by atoms with Crippen molar-refractivity contribution in [1.29, 1.82) is 0 Å². The molecule has 0 atom stereocenters. The summed E-state index contributed by atoms with van der Waals surface area (Å²) in [5.41, 5.74) is -0.417. The van der Waals surface area contributed by atoms with Gasteiger partial charge in [-0.25, -0.2) is 13.1 Å². The first-order chi connectivity index (χ1) is 8.66. The maximum Gasteiger partial charge on any atom is 0.250 e. The fourth-order valence-corrected chi connectivity index (χ4v) is 4.18. The Balaban J connectivity index is 2.80. The van der Waals surface area contributed by atoms with Crippen molar-refractivity contribution in [3.05, 3.63) is 17.0 Å². The summed E-state index contributed by atoms with van der Waals surface area (Å²) in [7, 11) is -3.41. The lowest BCUT2D eigenvalue weighted by Crippen LogP contribution is -2.42. The Morgan fingerprint density at radius 2 is 1.95 bits per heavy atom. The lowest BCUT2D eigenvalue weighted by atomic mass is 10.0. The van der Waals surface area contributed by atoms with E-state index in [1.807, 2.05) is 26.8 Å². The molecule has 0 fully saturated rings. The van der Waals surface area contributed by atoms with E-state index in [9.17, 15) is 8.42 Å². The molecule has 0 aliphatic carbocycles. The van der Waals surface area contributed by atoms with Crippen molar-refractivity contribution in [1.82, 2.24) is 10.0 Å². The zero-order chi connectivity index (χ0) is 14.7. The molecule has 1 heterocycles. The highest BCUT2D eigenvalue weighted by molar-refractivity contribution is 7.91. The van der Waals surface area contributed by atoms with E-state index in [4.69, 9.17) is 0 Å². The fourth-order valence-electron chi connectivity index (χ4n) is 1.39. The second-order valence-electron chi connectivity index (χ2n) is 5.60. The first-order valence-corrected chi connectivity index (χ1v) is 8.82. The highest BCUT2D eigenvalue weighted by Gasteiger charge is 2.25. The van der Waals surface area contributed by atoms with Crippen LogP contribution in [0.2, 0.25) is 0 Å². The van der Waals surface area contributed by atoms with Crippen LogP contribution in [0, 0.1) is 0 Å². The molecule has 0 bridgehead atoms. The summed E-state index contributed by atoms with van der Waals surface area (Å²) < 4.78 is 27.6. The number of thiophene rings is 1. The van der Waals surface area contributed by atoms with Crippen LogP contribution < -0.4 is 10.0 Å². The second kappa shape index (κ2) is 6.35. The molecule has 0 radical (unpaired) electrons. The molecule has 4 nitrogen and oxygen atoms in total. The van der Waals surface area contributed by atoms with Crippen molar-refractivity contribution in [3.63, 3.8) is 0 Å². The summed E-state index contributed by atoms with van der Waals surface area (Å²) in [5.74, 6) is 0. The molecule has 0 saturated carbocycles. The first kappa shape index (κ1) is 16.6. The Bertz CT molecular complexity index is 504. The third kappa shape index (κ3) is 5.22. The minimum Gasteiger partial charge on any atom is -0.310 e. The van der Waals surface area contributed by atoms with E-state index in [-0.39, 0.29) is 0 Å². The van der Waals surface area contributed by atoms with Gasteiger partial charge in [0.25, 0.3) is 10.0 Å². The van der Waals surface area contributed by atoms with Gasteiger partial charge in [0.15, 0.2) is 0 Å². The Morgan fingerprint density at radius 3 is 2.47 bits per heavy atom. The molecule has 0 spiro atoms. The molecule has 19 heavy (non-hydrogen) atoms. The van der Waals surface area contributed by atoms with Crippen LogP contribution in [0.25, 0.3) is 0 Å². The standard InChI is InChI=1S/C13H24N2O2S2/c1-6-13(4,5)15-19(16,17)12-8-7-11(18-12)9-14-10(2)3/h7-8,10,14-15H,6,9H2,1-5H3. The molecular formula is C13H24N2O2S2. The van der Waals surface area contributed by atoms with E-state index < -0.39 is 15.6 Å². The van der Waals surface area contributed by atoms with Gasteiger partial charge in [-0.05, 0) is 32.4 Å². The van der Waals surface area contributed by atoms with Gasteiger partial charge in [-0.3, -0.25) is 0 Å². The van der Waals surface area contributed by atoms with E-state index in [0.717, 1.165) is 11.3 Å². The molecule has 0 unspecified atom stereocenters. The quantitative estimate of drug-likeness (QED) is 0.814. The van der Waals surface area contributed by atoms with E-state index in [1.165, 1.54) is 11.3 Å². The topological polar surface area (TPSA) is 58.2 Å². The maximum atomic E-state index is 12.2. The Hall–Kier alpha value is -0.430. The van der Waals surface area contributed by atoms with Crippen LogP contribution in [0.3, 0.4) is 0 Å². The van der Waals surface area contributed by atoms with Gasteiger partial charge in [-0.2, -0.15) is 0 Å². The van der Waals surface area contributed by atoms with Crippen molar-refractivity contribution < 1.29 is 8.42 Å². The highest BCUT2D eigenvalue weighted by atomic mass is 32.2. The van der Waals surface area contributed by atoms with Crippen molar-refractivity contribution in [2.45, 2.75) is 63.4 Å². The Labute approximate surface area is 120 Å². The first-order valence-electron chi connectivity index (χ1n) is 6.52. The molecule has 1 aromatic rings. The monoisotopic (exact) mass is 304 g/mol. The van der Waals surface area contributed by atoms with Gasteiger partial charge < -0.3 is 5.32 Å². The zero-order valence-corrected chi connectivity index (χ0v) is 13.9. The van der Waals surface area contributed by atoms with E-state index >= 15 is 0 Å². The van der Waals surface area contributed by atoms with Gasteiger partial charge in [-0.15, -0.1) is 11.3 Å². The largest absolute Gasteiger partial charge is 0.310 e. The third-order valence-corrected chi connectivity index (χ3v) is 6.16. The van der Waals surface area contributed by atoms with Crippen molar-refractivity contribution in [2.24, 2.45) is 0 Å². The van der Waals surface area contributed by atoms with Crippen LogP contribution in [-0.2, 0) is 16.6 Å². The normalized spacial score (nSPS) is 13.2. The summed E-state index contributed by atoms with van der Waals surface area (Å²) in [6.07, 6.45) is 0.749. The zero-order valence-electron chi connectivity index (χ0n) is 12.3. The summed E-state index contributed by atoms with van der Waals surface area (Å²) >= 11 is 1.32. The van der Waals surface area contributed by atoms with Gasteiger partial charge in [0, 0.05) is 23.0 Å². The third-order valence-electron chi connectivity index (χ3n) is 2.88. The predicted octanol–water partition coefficient (Wildman–Crippen LogP) is 2.71. The van der Waals surface area contributed by atoms with Crippen LogP contribution in [0.15, 0.2) is 16.3 Å². The average molecular weight is 304 g/mol. The molecule has 0 aliphatic heterocycles. The van der Waals surface area contributed by atoms with Crippen molar-refractivity contribution >= 4 is 21.4 Å². The van der Waals surface area contributed by atoms with Gasteiger partial charge in [-0.1, -0.05) is 20.8 Å². The molecule has 0 aromatic carbocycles. The smallest absolute Gasteiger partial charge is 0.250 e. The molecular weight excluding hydrogens is 280 g/mol. The number of rotatable bonds is 7. The summed E-state index contributed by atoms with van der Waals surface area (Å²) in [6.45, 7) is 10.6. The predicted molar refractivity (Wildman–Crippen MR) is 81.0 cm³/mol. The number of nitrogens with one attached hydrogen (secondary N) is 2. The van der Waals surface area contributed by atoms with Crippen molar-refractivity contribution in [2.75, 3.05) is 0 Å². The van der Waals surface area contributed by atoms with Crippen LogP contribution in [0.4, 0.5) is 0 Å². The van der Waals surface area contributed by atoms with Gasteiger partial charge in [0.2, 0.25) is 0 Å². The van der Waals surface area contributed by atoms with Crippen LogP contribution >= 0.6 is 11.3 Å². The number of hydrogen-bond acceptors (Lipinski definition) is 4. The van der Waals surface area contributed by atoms with E-state index in [0.29, 0.717) is 16.8 Å². The summed E-state index contributed by atoms with van der Waals surface area (Å²) in [4.78, 5) is 1.03. The summed E-state index contributed by atoms with van der Waals surface area (Å²) in [6, 6.07) is 3.93. The van der Waals surface area contributed by atoms with Crippen LogP contribution in [0.5, 0.6) is 0 Å². The molecule has 6 heteroatoms. The number of hydrogen-bond donors (Lipinski definition) is 2. The average Bonchev–Trinajstić information content (AvgIpc) is 2.74. The maximum absolute atomic E-state index is 12.2. The second-order valence-corrected chi connectivity index (χ2v) is 8.68. The van der Waals surface area contributed by atoms with Crippen molar-refractivity contribution in [3.8, 4) is 0 Å². The van der Waals surface area contributed by atoms with E-state index in [1.54, 1.807) is 6.07 Å². The molecule has 0 aliphatic rings. The van der Waals surface area contributed by atoms with Gasteiger partial charge >= 0.3 is 0 Å². The van der Waals surface area contributed by atoms with Crippen LogP contribution in [0.1, 0.15) is 45.9 Å². The van der Waals surface area contributed by atoms with Crippen LogP contribution in [-0.4, -0.2) is 20.0 Å². The highest BCUT2D eigenvalue weighted by Crippen LogP contribution is 2.23. The Kier molecular flexibility index (Phi) is 5.55. The Morgan fingerprint density at radius 1 is 1.32 bits per heavy atom. The SMILES string of the molecule is CCC(C)(C)NS(=O)(=O)c1ccc(CNC(C)C)s1. The minimum atomic E-state index is -3.41. The molecule has 1 aromatic heterocycles. The number of sulfonamides is 1. The molecule has 1 rings (SSSR count). The van der Waals surface area contributed by atoms with E-state index in [2.05, 4.69) is 23.9 Å². The lowest BCUT2D eigenvalue weighted by molar-refractivity contribution is 0.440. The minimum absolute atomic E-state index is 0.384. The lowest BCUT2D eigenvalue weighted by Gasteiger charge is -2.23. The summed E-state index contributed by atoms with van der Waals surface area (Å²) in [5, 5.41) is 3.28. The fraction of sp³-hybridized carbons (Fsp3) is 0.692. The van der Waals surface area contributed by atoms with Gasteiger partial charge in [0.05, 0.1) is 0 Å². The molecule has 2 N–H and O–H groups in total. The molecule has 0 amide bonds. The van der Waals surface area contributed by atoms with Gasteiger partial charge in [0.1, 0.15) is 4.21 Å².